The largest absolute Gasteiger partial charge is 0.484 e. The highest BCUT2D eigenvalue weighted by molar-refractivity contribution is 5.98. The quantitative estimate of drug-likeness (QED) is 0.593. The maximum atomic E-state index is 12.7. The van der Waals surface area contributed by atoms with E-state index in [9.17, 15) is 14.4 Å². The monoisotopic (exact) mass is 409 g/mol. The summed E-state index contributed by atoms with van der Waals surface area (Å²) < 4.78 is 5.43. The smallest absolute Gasteiger partial charge is 0.258 e. The van der Waals surface area contributed by atoms with Crippen molar-refractivity contribution in [2.45, 2.75) is 38.8 Å². The minimum Gasteiger partial charge on any atom is -0.484 e. The summed E-state index contributed by atoms with van der Waals surface area (Å²) >= 11 is 0. The first-order valence-electron chi connectivity index (χ1n) is 10.1. The summed E-state index contributed by atoms with van der Waals surface area (Å²) in [5.41, 5.74) is 1.11. The number of hydrogen-bond donors (Lipinski definition) is 3. The summed E-state index contributed by atoms with van der Waals surface area (Å²) in [5.74, 6) is -0.340. The number of anilines is 1. The van der Waals surface area contributed by atoms with E-state index in [-0.39, 0.29) is 36.3 Å². The van der Waals surface area contributed by atoms with Crippen molar-refractivity contribution in [3.05, 3.63) is 60.2 Å². The summed E-state index contributed by atoms with van der Waals surface area (Å²) in [5, 5.41) is 8.44. The molecule has 0 radical (unpaired) electrons. The molecule has 0 aliphatic heterocycles. The number of hydrogen-bond acceptors (Lipinski definition) is 4. The van der Waals surface area contributed by atoms with Gasteiger partial charge in [0, 0.05) is 17.3 Å². The van der Waals surface area contributed by atoms with Gasteiger partial charge in [-0.25, -0.2) is 0 Å². The Balaban J connectivity index is 1.52. The van der Waals surface area contributed by atoms with Crippen LogP contribution in [0.15, 0.2) is 54.6 Å². The molecule has 7 nitrogen and oxygen atoms in total. The molecule has 1 aliphatic carbocycles. The number of nitrogens with one attached hydrogen (secondary N) is 3. The first-order valence-corrected chi connectivity index (χ1v) is 10.1. The predicted octanol–water partition coefficient (Wildman–Crippen LogP) is 2.74. The lowest BCUT2D eigenvalue weighted by Gasteiger charge is -2.22. The van der Waals surface area contributed by atoms with Crippen LogP contribution in [0.1, 0.15) is 37.0 Å². The van der Waals surface area contributed by atoms with Gasteiger partial charge in [-0.2, -0.15) is 0 Å². The molecule has 1 saturated carbocycles. The number of carbonyl (C=O) groups excluding carboxylic acids is 3. The Morgan fingerprint density at radius 2 is 1.67 bits per heavy atom. The van der Waals surface area contributed by atoms with Gasteiger partial charge in [0.1, 0.15) is 11.8 Å². The lowest BCUT2D eigenvalue weighted by Crippen LogP contribution is -2.48. The highest BCUT2D eigenvalue weighted by Gasteiger charge is 2.25. The predicted molar refractivity (Wildman–Crippen MR) is 114 cm³/mol. The molecule has 0 heterocycles. The van der Waals surface area contributed by atoms with Crippen LogP contribution in [0.25, 0.3) is 0 Å². The normalized spacial score (nSPS) is 14.0. The number of benzene rings is 2. The van der Waals surface area contributed by atoms with Crippen LogP contribution in [0.5, 0.6) is 5.75 Å². The zero-order valence-electron chi connectivity index (χ0n) is 17.2. The summed E-state index contributed by atoms with van der Waals surface area (Å²) in [4.78, 5) is 37.0. The molecule has 0 saturated heterocycles. The third-order valence-electron chi connectivity index (χ3n) is 4.71. The van der Waals surface area contributed by atoms with E-state index in [1.807, 2.05) is 32.0 Å². The van der Waals surface area contributed by atoms with Crippen molar-refractivity contribution in [2.24, 2.45) is 5.92 Å². The van der Waals surface area contributed by atoms with E-state index in [1.54, 1.807) is 36.4 Å². The van der Waals surface area contributed by atoms with Crippen molar-refractivity contribution in [3.8, 4) is 5.75 Å². The Morgan fingerprint density at radius 3 is 2.27 bits per heavy atom. The molecule has 1 aliphatic rings. The molecule has 3 N–H and O–H groups in total. The second kappa shape index (κ2) is 9.91. The number of ether oxygens (including phenoxy) is 1. The Morgan fingerprint density at radius 1 is 1.00 bits per heavy atom. The summed E-state index contributed by atoms with van der Waals surface area (Å²) in [6.07, 6.45) is 2.05. The number of amides is 3. The molecular weight excluding hydrogens is 382 g/mol. The molecule has 0 spiro atoms. The SMILES string of the molecule is CC(C)C(NC(=O)COc1ccccc1)C(=O)Nc1ccc(C(=O)NC2CC2)cc1. The zero-order chi connectivity index (χ0) is 21.5. The van der Waals surface area contributed by atoms with Crippen molar-refractivity contribution in [1.82, 2.24) is 10.6 Å². The summed E-state index contributed by atoms with van der Waals surface area (Å²) in [7, 11) is 0. The first-order chi connectivity index (χ1) is 14.4. The van der Waals surface area contributed by atoms with Crippen molar-refractivity contribution in [2.75, 3.05) is 11.9 Å². The van der Waals surface area contributed by atoms with Crippen LogP contribution < -0.4 is 20.7 Å². The Hall–Kier alpha value is -3.35. The van der Waals surface area contributed by atoms with Crippen LogP contribution in [-0.4, -0.2) is 36.4 Å². The van der Waals surface area contributed by atoms with E-state index in [4.69, 9.17) is 4.74 Å². The van der Waals surface area contributed by atoms with E-state index in [0.29, 0.717) is 17.0 Å². The van der Waals surface area contributed by atoms with Gasteiger partial charge in [-0.1, -0.05) is 32.0 Å². The van der Waals surface area contributed by atoms with Gasteiger partial charge in [-0.15, -0.1) is 0 Å². The lowest BCUT2D eigenvalue weighted by atomic mass is 10.0. The van der Waals surface area contributed by atoms with Crippen molar-refractivity contribution >= 4 is 23.4 Å². The molecule has 1 unspecified atom stereocenters. The van der Waals surface area contributed by atoms with Crippen LogP contribution in [-0.2, 0) is 9.59 Å². The molecule has 158 valence electrons. The van der Waals surface area contributed by atoms with Crippen molar-refractivity contribution in [3.63, 3.8) is 0 Å². The van der Waals surface area contributed by atoms with Crippen molar-refractivity contribution < 1.29 is 19.1 Å². The van der Waals surface area contributed by atoms with E-state index in [0.717, 1.165) is 12.8 Å². The molecule has 3 amide bonds. The molecule has 30 heavy (non-hydrogen) atoms. The molecule has 7 heteroatoms. The van der Waals surface area contributed by atoms with E-state index in [2.05, 4.69) is 16.0 Å². The van der Waals surface area contributed by atoms with Gasteiger partial charge < -0.3 is 20.7 Å². The Labute approximate surface area is 176 Å². The Kier molecular flexibility index (Phi) is 7.06. The highest BCUT2D eigenvalue weighted by atomic mass is 16.5. The zero-order valence-corrected chi connectivity index (χ0v) is 17.2. The maximum Gasteiger partial charge on any atom is 0.258 e. The lowest BCUT2D eigenvalue weighted by molar-refractivity contribution is -0.128. The van der Waals surface area contributed by atoms with Crippen LogP contribution in [0, 0.1) is 5.92 Å². The van der Waals surface area contributed by atoms with Gasteiger partial charge in [-0.05, 0) is 55.2 Å². The summed E-state index contributed by atoms with van der Waals surface area (Å²) in [6, 6.07) is 15.3. The van der Waals surface area contributed by atoms with Gasteiger partial charge in [-0.3, -0.25) is 14.4 Å². The maximum absolute atomic E-state index is 12.7. The third-order valence-corrected chi connectivity index (χ3v) is 4.71. The fourth-order valence-electron chi connectivity index (χ4n) is 2.84. The molecule has 0 bridgehead atoms. The minimum atomic E-state index is -0.713. The standard InChI is InChI=1S/C23H27N3O4/c1-15(2)21(26-20(27)14-30-19-6-4-3-5-7-19)23(29)25-17-10-8-16(9-11-17)22(28)24-18-12-13-18/h3-11,15,18,21H,12-14H2,1-2H3,(H,24,28)(H,25,29)(H,26,27). The van der Waals surface area contributed by atoms with Crippen LogP contribution in [0.2, 0.25) is 0 Å². The van der Waals surface area contributed by atoms with E-state index >= 15 is 0 Å². The fourth-order valence-corrected chi connectivity index (χ4v) is 2.84. The minimum absolute atomic E-state index is 0.110. The molecular formula is C23H27N3O4. The van der Waals surface area contributed by atoms with Crippen LogP contribution in [0.4, 0.5) is 5.69 Å². The number of carbonyl (C=O) groups is 3. The van der Waals surface area contributed by atoms with Gasteiger partial charge in [0.05, 0.1) is 0 Å². The third kappa shape index (κ3) is 6.34. The topological polar surface area (TPSA) is 96.5 Å². The van der Waals surface area contributed by atoms with Crippen LogP contribution in [0.3, 0.4) is 0 Å². The van der Waals surface area contributed by atoms with Gasteiger partial charge >= 0.3 is 0 Å². The van der Waals surface area contributed by atoms with E-state index in [1.165, 1.54) is 0 Å². The molecule has 1 fully saturated rings. The average molecular weight is 409 g/mol. The Bertz CT molecular complexity index is 877. The second-order valence-corrected chi connectivity index (χ2v) is 7.71. The first kappa shape index (κ1) is 21.4. The number of rotatable bonds is 9. The molecule has 0 aromatic heterocycles. The number of para-hydroxylation sites is 1. The molecule has 2 aromatic rings. The molecule has 3 rings (SSSR count). The highest BCUT2D eigenvalue weighted by Crippen LogP contribution is 2.20. The second-order valence-electron chi connectivity index (χ2n) is 7.71. The fraction of sp³-hybridized carbons (Fsp3) is 0.348. The summed E-state index contributed by atoms with van der Waals surface area (Å²) in [6.45, 7) is 3.53. The molecule has 1 atom stereocenters. The average Bonchev–Trinajstić information content (AvgIpc) is 3.55. The van der Waals surface area contributed by atoms with Crippen LogP contribution >= 0.6 is 0 Å². The molecule has 2 aromatic carbocycles. The van der Waals surface area contributed by atoms with Gasteiger partial charge in [0.25, 0.3) is 11.8 Å². The van der Waals surface area contributed by atoms with Gasteiger partial charge in [0.15, 0.2) is 6.61 Å². The van der Waals surface area contributed by atoms with Gasteiger partial charge in [0.2, 0.25) is 5.91 Å². The van der Waals surface area contributed by atoms with Crippen molar-refractivity contribution in [1.29, 1.82) is 0 Å². The van der Waals surface area contributed by atoms with E-state index < -0.39 is 6.04 Å².